The second-order valence-corrected chi connectivity index (χ2v) is 7.03. The largest absolute Gasteiger partial charge is 0.372 e. The quantitative estimate of drug-likeness (QED) is 0.860. The van der Waals surface area contributed by atoms with Crippen LogP contribution in [0.3, 0.4) is 0 Å². The zero-order valence-electron chi connectivity index (χ0n) is 11.1. The first-order valence-corrected chi connectivity index (χ1v) is 8.42. The Hall–Kier alpha value is -1.31. The van der Waals surface area contributed by atoms with Gasteiger partial charge in [0.15, 0.2) is 0 Å². The average molecular weight is 347 g/mol. The molecule has 1 aromatic heterocycles. The van der Waals surface area contributed by atoms with Crippen molar-refractivity contribution in [2.24, 2.45) is 0 Å². The SMILES string of the molecule is N#Cc1c(NCc2cccc(Br)c2)sc2c1CCCC2. The highest BCUT2D eigenvalue weighted by atomic mass is 79.9. The molecule has 20 heavy (non-hydrogen) atoms. The lowest BCUT2D eigenvalue weighted by atomic mass is 9.96. The lowest BCUT2D eigenvalue weighted by Crippen LogP contribution is -2.01. The average Bonchev–Trinajstić information content (AvgIpc) is 2.82. The fraction of sp³-hybridized carbons (Fsp3) is 0.312. The predicted molar refractivity (Wildman–Crippen MR) is 87.1 cm³/mol. The molecule has 0 spiro atoms. The molecule has 102 valence electrons. The van der Waals surface area contributed by atoms with Crippen LogP contribution in [0.5, 0.6) is 0 Å². The van der Waals surface area contributed by atoms with Gasteiger partial charge in [0.1, 0.15) is 11.1 Å². The Balaban J connectivity index is 1.81. The summed E-state index contributed by atoms with van der Waals surface area (Å²) in [7, 11) is 0. The van der Waals surface area contributed by atoms with Gasteiger partial charge in [0, 0.05) is 15.9 Å². The van der Waals surface area contributed by atoms with Crippen LogP contribution in [0.2, 0.25) is 0 Å². The number of thiophene rings is 1. The van der Waals surface area contributed by atoms with E-state index in [1.165, 1.54) is 28.8 Å². The number of anilines is 1. The van der Waals surface area contributed by atoms with Gasteiger partial charge in [-0.1, -0.05) is 28.1 Å². The highest BCUT2D eigenvalue weighted by Crippen LogP contribution is 2.37. The van der Waals surface area contributed by atoms with Gasteiger partial charge in [-0.2, -0.15) is 5.26 Å². The number of benzene rings is 1. The molecule has 0 saturated carbocycles. The summed E-state index contributed by atoms with van der Waals surface area (Å²) in [4.78, 5) is 1.41. The number of aryl methyl sites for hydroxylation is 1. The summed E-state index contributed by atoms with van der Waals surface area (Å²) in [6.45, 7) is 0.757. The molecule has 0 aliphatic heterocycles. The summed E-state index contributed by atoms with van der Waals surface area (Å²) in [5.74, 6) is 0. The molecule has 0 radical (unpaired) electrons. The molecule has 0 unspecified atom stereocenters. The summed E-state index contributed by atoms with van der Waals surface area (Å²) >= 11 is 5.25. The molecule has 0 atom stereocenters. The number of nitrogens with one attached hydrogen (secondary N) is 1. The van der Waals surface area contributed by atoms with Crippen molar-refractivity contribution in [3.8, 4) is 6.07 Å². The number of nitriles is 1. The molecular formula is C16H15BrN2S. The number of hydrogen-bond acceptors (Lipinski definition) is 3. The van der Waals surface area contributed by atoms with E-state index in [1.807, 2.05) is 12.1 Å². The molecule has 1 aliphatic rings. The fourth-order valence-electron chi connectivity index (χ4n) is 2.64. The number of rotatable bonds is 3. The van der Waals surface area contributed by atoms with E-state index in [-0.39, 0.29) is 0 Å². The maximum atomic E-state index is 9.41. The van der Waals surface area contributed by atoms with Crippen molar-refractivity contribution in [2.75, 3.05) is 5.32 Å². The van der Waals surface area contributed by atoms with Gasteiger partial charge in [-0.05, 0) is 48.9 Å². The minimum Gasteiger partial charge on any atom is -0.372 e. The first kappa shape index (κ1) is 13.7. The summed E-state index contributed by atoms with van der Waals surface area (Å²) in [5, 5.41) is 13.9. The molecule has 0 saturated heterocycles. The van der Waals surface area contributed by atoms with E-state index in [1.54, 1.807) is 11.3 Å². The second-order valence-electron chi connectivity index (χ2n) is 5.01. The Bertz CT molecular complexity index is 670. The molecular weight excluding hydrogens is 332 g/mol. The molecule has 0 fully saturated rings. The van der Waals surface area contributed by atoms with E-state index in [2.05, 4.69) is 39.4 Å². The Kier molecular flexibility index (Phi) is 4.09. The molecule has 0 bridgehead atoms. The van der Waals surface area contributed by atoms with Crippen molar-refractivity contribution in [1.29, 1.82) is 5.26 Å². The molecule has 4 heteroatoms. The Labute approximate surface area is 131 Å². The van der Waals surface area contributed by atoms with E-state index in [0.717, 1.165) is 34.4 Å². The molecule has 2 aromatic rings. The Morgan fingerprint density at radius 1 is 1.30 bits per heavy atom. The van der Waals surface area contributed by atoms with Gasteiger partial charge in [-0.15, -0.1) is 11.3 Å². The van der Waals surface area contributed by atoms with E-state index in [4.69, 9.17) is 0 Å². The number of nitrogens with zero attached hydrogens (tertiary/aromatic N) is 1. The molecule has 1 N–H and O–H groups in total. The summed E-state index contributed by atoms with van der Waals surface area (Å²) < 4.78 is 1.09. The summed E-state index contributed by atoms with van der Waals surface area (Å²) in [5.41, 5.74) is 3.38. The third-order valence-electron chi connectivity index (χ3n) is 3.63. The lowest BCUT2D eigenvalue weighted by molar-refractivity contribution is 0.696. The van der Waals surface area contributed by atoms with E-state index < -0.39 is 0 Å². The maximum absolute atomic E-state index is 9.41. The van der Waals surface area contributed by atoms with Gasteiger partial charge in [0.2, 0.25) is 0 Å². The second kappa shape index (κ2) is 5.99. The maximum Gasteiger partial charge on any atom is 0.107 e. The van der Waals surface area contributed by atoms with Gasteiger partial charge in [-0.3, -0.25) is 0 Å². The van der Waals surface area contributed by atoms with Crippen LogP contribution in [0.15, 0.2) is 28.7 Å². The first-order valence-electron chi connectivity index (χ1n) is 6.81. The van der Waals surface area contributed by atoms with Crippen LogP contribution in [-0.4, -0.2) is 0 Å². The minimum absolute atomic E-state index is 0.757. The summed E-state index contributed by atoms with van der Waals surface area (Å²) in [6, 6.07) is 10.6. The van der Waals surface area contributed by atoms with E-state index in [9.17, 15) is 5.26 Å². The third kappa shape index (κ3) is 2.74. The van der Waals surface area contributed by atoms with Gasteiger partial charge in [0.05, 0.1) is 5.56 Å². The lowest BCUT2D eigenvalue weighted by Gasteiger charge is -2.09. The van der Waals surface area contributed by atoms with Crippen molar-refractivity contribution >= 4 is 32.3 Å². The zero-order valence-corrected chi connectivity index (χ0v) is 13.5. The molecule has 2 nitrogen and oxygen atoms in total. The zero-order chi connectivity index (χ0) is 13.9. The van der Waals surface area contributed by atoms with E-state index in [0.29, 0.717) is 0 Å². The van der Waals surface area contributed by atoms with Crippen LogP contribution in [-0.2, 0) is 19.4 Å². The summed E-state index contributed by atoms with van der Waals surface area (Å²) in [6.07, 6.45) is 4.66. The molecule has 1 aliphatic carbocycles. The highest BCUT2D eigenvalue weighted by molar-refractivity contribution is 9.10. The van der Waals surface area contributed by atoms with Crippen LogP contribution in [0.25, 0.3) is 0 Å². The van der Waals surface area contributed by atoms with Crippen molar-refractivity contribution in [2.45, 2.75) is 32.2 Å². The van der Waals surface area contributed by atoms with Crippen molar-refractivity contribution in [3.05, 3.63) is 50.3 Å². The number of fused-ring (bicyclic) bond motifs is 1. The first-order chi connectivity index (χ1) is 9.78. The number of halogens is 1. The smallest absolute Gasteiger partial charge is 0.107 e. The molecule has 1 heterocycles. The Morgan fingerprint density at radius 3 is 2.95 bits per heavy atom. The van der Waals surface area contributed by atoms with Crippen molar-refractivity contribution in [1.82, 2.24) is 0 Å². The van der Waals surface area contributed by atoms with Crippen LogP contribution < -0.4 is 5.32 Å². The van der Waals surface area contributed by atoms with Crippen LogP contribution in [0, 0.1) is 11.3 Å². The van der Waals surface area contributed by atoms with Crippen LogP contribution >= 0.6 is 27.3 Å². The fourth-order valence-corrected chi connectivity index (χ4v) is 4.32. The normalized spacial score (nSPS) is 13.6. The number of hydrogen-bond donors (Lipinski definition) is 1. The van der Waals surface area contributed by atoms with Crippen molar-refractivity contribution < 1.29 is 0 Å². The van der Waals surface area contributed by atoms with Crippen LogP contribution in [0.1, 0.15) is 34.4 Å². The van der Waals surface area contributed by atoms with Gasteiger partial charge in [0.25, 0.3) is 0 Å². The topological polar surface area (TPSA) is 35.8 Å². The molecule has 0 amide bonds. The van der Waals surface area contributed by atoms with Gasteiger partial charge in [-0.25, -0.2) is 0 Å². The Morgan fingerprint density at radius 2 is 2.15 bits per heavy atom. The van der Waals surface area contributed by atoms with E-state index >= 15 is 0 Å². The minimum atomic E-state index is 0.757. The standard InChI is InChI=1S/C16H15BrN2S/c17-12-5-3-4-11(8-12)10-19-16-14(9-18)13-6-1-2-7-15(13)20-16/h3-5,8,19H,1-2,6-7,10H2. The van der Waals surface area contributed by atoms with Gasteiger partial charge >= 0.3 is 0 Å². The highest BCUT2D eigenvalue weighted by Gasteiger charge is 2.20. The third-order valence-corrected chi connectivity index (χ3v) is 5.37. The van der Waals surface area contributed by atoms with Gasteiger partial charge < -0.3 is 5.32 Å². The molecule has 1 aromatic carbocycles. The van der Waals surface area contributed by atoms with Crippen molar-refractivity contribution in [3.63, 3.8) is 0 Å². The molecule has 3 rings (SSSR count). The van der Waals surface area contributed by atoms with Crippen LogP contribution in [0.4, 0.5) is 5.00 Å². The monoisotopic (exact) mass is 346 g/mol. The predicted octanol–water partition coefficient (Wildman–Crippen LogP) is 4.87.